The number of carbonyl (C=O) groups is 2. The van der Waals surface area contributed by atoms with Crippen LogP contribution in [-0.4, -0.2) is 44.2 Å². The molecule has 0 saturated carbocycles. The van der Waals surface area contributed by atoms with E-state index in [9.17, 15) is 9.59 Å². The molecule has 0 radical (unpaired) electrons. The molecule has 0 fully saturated rings. The molecule has 1 aromatic carbocycles. The van der Waals surface area contributed by atoms with Gasteiger partial charge in [0.05, 0.1) is 26.7 Å². The number of Topliss-reactive ketones (excluding diaryl/α,β-unsaturated/α-hetero) is 1. The molecule has 6 heteroatoms. The van der Waals surface area contributed by atoms with Crippen molar-refractivity contribution in [3.63, 3.8) is 0 Å². The largest absolute Gasteiger partial charge is 0.493 e. The van der Waals surface area contributed by atoms with Crippen LogP contribution in [0.2, 0.25) is 0 Å². The minimum absolute atomic E-state index is 0.133. The van der Waals surface area contributed by atoms with E-state index in [1.54, 1.807) is 25.1 Å². The number of ketones is 1. The van der Waals surface area contributed by atoms with E-state index in [1.165, 1.54) is 14.2 Å². The summed E-state index contributed by atoms with van der Waals surface area (Å²) in [4.78, 5) is 23.7. The molecule has 0 aliphatic heterocycles. The summed E-state index contributed by atoms with van der Waals surface area (Å²) in [5.74, 6) is -0.209. The number of aliphatic hydroxyl groups is 1. The second-order valence-corrected chi connectivity index (χ2v) is 4.57. The van der Waals surface area contributed by atoms with Gasteiger partial charge in [-0.25, -0.2) is 0 Å². The molecule has 1 atom stereocenters. The maximum absolute atomic E-state index is 12.1. The van der Waals surface area contributed by atoms with Crippen LogP contribution in [-0.2, 0) is 16.0 Å². The zero-order valence-electron chi connectivity index (χ0n) is 12.5. The molecule has 6 nitrogen and oxygen atoms in total. The van der Waals surface area contributed by atoms with Crippen LogP contribution in [0.3, 0.4) is 0 Å². The van der Waals surface area contributed by atoms with E-state index in [0.29, 0.717) is 11.5 Å². The summed E-state index contributed by atoms with van der Waals surface area (Å²) >= 11 is 0. The molecular formula is C15H21NO5. The van der Waals surface area contributed by atoms with Crippen LogP contribution in [0.5, 0.6) is 11.5 Å². The molecule has 0 aliphatic carbocycles. The van der Waals surface area contributed by atoms with Crippen LogP contribution in [0.15, 0.2) is 18.2 Å². The lowest BCUT2D eigenvalue weighted by molar-refractivity contribution is -0.133. The highest BCUT2D eigenvalue weighted by Gasteiger charge is 2.21. The zero-order chi connectivity index (χ0) is 15.8. The van der Waals surface area contributed by atoms with Crippen molar-refractivity contribution in [3.8, 4) is 11.5 Å². The highest BCUT2D eigenvalue weighted by Crippen LogP contribution is 2.27. The molecule has 1 aromatic rings. The predicted octanol–water partition coefficient (Wildman–Crippen LogP) is 0.560. The molecule has 116 valence electrons. The summed E-state index contributed by atoms with van der Waals surface area (Å²) in [6.07, 6.45) is 0.133. The van der Waals surface area contributed by atoms with Crippen LogP contribution in [0.25, 0.3) is 0 Å². The highest BCUT2D eigenvalue weighted by molar-refractivity contribution is 6.01. The Morgan fingerprint density at radius 3 is 2.48 bits per heavy atom. The van der Waals surface area contributed by atoms with E-state index in [4.69, 9.17) is 14.6 Å². The van der Waals surface area contributed by atoms with Crippen molar-refractivity contribution in [2.24, 2.45) is 5.92 Å². The third kappa shape index (κ3) is 4.75. The Kier molecular flexibility index (Phi) is 6.68. The van der Waals surface area contributed by atoms with Crippen molar-refractivity contribution < 1.29 is 24.2 Å². The first kappa shape index (κ1) is 17.0. The summed E-state index contributed by atoms with van der Waals surface area (Å²) in [7, 11) is 3.06. The van der Waals surface area contributed by atoms with E-state index in [0.717, 1.165) is 5.56 Å². The monoisotopic (exact) mass is 295 g/mol. The zero-order valence-corrected chi connectivity index (χ0v) is 12.5. The Balaban J connectivity index is 2.72. The van der Waals surface area contributed by atoms with Crippen molar-refractivity contribution >= 4 is 11.7 Å². The van der Waals surface area contributed by atoms with Gasteiger partial charge in [-0.2, -0.15) is 0 Å². The summed E-state index contributed by atoms with van der Waals surface area (Å²) in [6, 6.07) is 5.20. The fourth-order valence-corrected chi connectivity index (χ4v) is 1.82. The number of carbonyl (C=O) groups excluding carboxylic acids is 2. The fourth-order valence-electron chi connectivity index (χ4n) is 1.82. The maximum atomic E-state index is 12.1. The number of ether oxygens (including phenoxy) is 2. The normalized spacial score (nSPS) is 11.6. The quantitative estimate of drug-likeness (QED) is 0.685. The number of rotatable bonds is 8. The Hall–Kier alpha value is -2.08. The smallest absolute Gasteiger partial charge is 0.230 e. The highest BCUT2D eigenvalue weighted by atomic mass is 16.5. The minimum Gasteiger partial charge on any atom is -0.493 e. The van der Waals surface area contributed by atoms with E-state index in [2.05, 4.69) is 5.32 Å². The van der Waals surface area contributed by atoms with Crippen LogP contribution >= 0.6 is 0 Å². The Morgan fingerprint density at radius 1 is 1.24 bits per heavy atom. The summed E-state index contributed by atoms with van der Waals surface area (Å²) in [5, 5.41) is 11.1. The van der Waals surface area contributed by atoms with E-state index in [1.807, 2.05) is 0 Å². The summed E-state index contributed by atoms with van der Waals surface area (Å²) in [6.45, 7) is 1.55. The standard InChI is InChI=1S/C15H21NO5/c1-10(15(19)16-6-7-17)12(18)8-11-4-5-13(20-2)14(9-11)21-3/h4-5,9-10,17H,6-8H2,1-3H3,(H,16,19). The topological polar surface area (TPSA) is 84.9 Å². The molecule has 0 saturated heterocycles. The lowest BCUT2D eigenvalue weighted by Gasteiger charge is -2.12. The number of amides is 1. The van der Waals surface area contributed by atoms with Gasteiger partial charge in [-0.3, -0.25) is 9.59 Å². The van der Waals surface area contributed by atoms with Crippen molar-refractivity contribution in [2.45, 2.75) is 13.3 Å². The molecule has 21 heavy (non-hydrogen) atoms. The molecule has 0 aliphatic rings. The van der Waals surface area contributed by atoms with Crippen LogP contribution in [0.1, 0.15) is 12.5 Å². The van der Waals surface area contributed by atoms with Gasteiger partial charge in [0.15, 0.2) is 11.5 Å². The van der Waals surface area contributed by atoms with Crippen molar-refractivity contribution in [1.82, 2.24) is 5.32 Å². The maximum Gasteiger partial charge on any atom is 0.230 e. The molecule has 1 unspecified atom stereocenters. The van der Waals surface area contributed by atoms with Crippen LogP contribution in [0, 0.1) is 5.92 Å². The average molecular weight is 295 g/mol. The van der Waals surface area contributed by atoms with Gasteiger partial charge in [0, 0.05) is 13.0 Å². The Morgan fingerprint density at radius 2 is 1.90 bits per heavy atom. The summed E-state index contributed by atoms with van der Waals surface area (Å²) in [5.41, 5.74) is 0.749. The van der Waals surface area contributed by atoms with Gasteiger partial charge >= 0.3 is 0 Å². The SMILES string of the molecule is COc1ccc(CC(=O)C(C)C(=O)NCCO)cc1OC. The molecular weight excluding hydrogens is 274 g/mol. The second kappa shape index (κ2) is 8.26. The fraction of sp³-hybridized carbons (Fsp3) is 0.467. The lowest BCUT2D eigenvalue weighted by atomic mass is 9.98. The minimum atomic E-state index is -0.760. The molecule has 0 bridgehead atoms. The lowest BCUT2D eigenvalue weighted by Crippen LogP contribution is -2.35. The van der Waals surface area contributed by atoms with E-state index in [-0.39, 0.29) is 31.3 Å². The van der Waals surface area contributed by atoms with Gasteiger partial charge in [0.1, 0.15) is 5.78 Å². The molecule has 1 amide bonds. The van der Waals surface area contributed by atoms with Gasteiger partial charge in [0.25, 0.3) is 0 Å². The van der Waals surface area contributed by atoms with Crippen molar-refractivity contribution in [3.05, 3.63) is 23.8 Å². The van der Waals surface area contributed by atoms with Gasteiger partial charge in [-0.1, -0.05) is 6.07 Å². The summed E-state index contributed by atoms with van der Waals surface area (Å²) < 4.78 is 10.3. The Bertz CT molecular complexity index is 501. The van der Waals surface area contributed by atoms with Gasteiger partial charge in [-0.05, 0) is 24.6 Å². The van der Waals surface area contributed by atoms with Crippen LogP contribution in [0.4, 0.5) is 0 Å². The average Bonchev–Trinajstić information content (AvgIpc) is 2.51. The first-order valence-electron chi connectivity index (χ1n) is 6.65. The van der Waals surface area contributed by atoms with Crippen molar-refractivity contribution in [2.75, 3.05) is 27.4 Å². The molecule has 0 aromatic heterocycles. The van der Waals surface area contributed by atoms with Gasteiger partial charge < -0.3 is 19.9 Å². The number of methoxy groups -OCH3 is 2. The van der Waals surface area contributed by atoms with E-state index >= 15 is 0 Å². The number of nitrogens with one attached hydrogen (secondary N) is 1. The Labute approximate surface area is 124 Å². The first-order chi connectivity index (χ1) is 10.0. The van der Waals surface area contributed by atoms with Crippen molar-refractivity contribution in [1.29, 1.82) is 0 Å². The molecule has 2 N–H and O–H groups in total. The van der Waals surface area contributed by atoms with Gasteiger partial charge in [-0.15, -0.1) is 0 Å². The third-order valence-electron chi connectivity index (χ3n) is 3.11. The molecule has 1 rings (SSSR count). The first-order valence-corrected chi connectivity index (χ1v) is 6.65. The number of hydrogen-bond acceptors (Lipinski definition) is 5. The number of hydrogen-bond donors (Lipinski definition) is 2. The van der Waals surface area contributed by atoms with Crippen LogP contribution < -0.4 is 14.8 Å². The number of aliphatic hydroxyl groups excluding tert-OH is 1. The predicted molar refractivity (Wildman–Crippen MR) is 77.5 cm³/mol. The molecule has 0 spiro atoms. The second-order valence-electron chi connectivity index (χ2n) is 4.57. The van der Waals surface area contributed by atoms with Gasteiger partial charge in [0.2, 0.25) is 5.91 Å². The number of benzene rings is 1. The van der Waals surface area contributed by atoms with E-state index < -0.39 is 5.92 Å². The third-order valence-corrected chi connectivity index (χ3v) is 3.11. The molecule has 0 heterocycles.